The number of carbonyl (C=O) groups is 3. The summed E-state index contributed by atoms with van der Waals surface area (Å²) >= 11 is 0. The second-order valence-electron chi connectivity index (χ2n) is 11.4. The van der Waals surface area contributed by atoms with E-state index in [9.17, 15) is 14.4 Å². The summed E-state index contributed by atoms with van der Waals surface area (Å²) in [6.45, 7) is 15.5. The maximum Gasteiger partial charge on any atom is 0.408 e. The largest absolute Gasteiger partial charge is 0.444 e. The first-order valence-electron chi connectivity index (χ1n) is 14.3. The predicted octanol–water partition coefficient (Wildman–Crippen LogP) is 6.44. The molecular weight excluding hydrogens is 502 g/mol. The second kappa shape index (κ2) is 15.8. The maximum absolute atomic E-state index is 14.4. The Bertz CT molecular complexity index is 1110. The van der Waals surface area contributed by atoms with E-state index in [4.69, 9.17) is 4.74 Å². The van der Waals surface area contributed by atoms with Crippen molar-refractivity contribution in [3.63, 3.8) is 0 Å². The molecule has 0 aromatic heterocycles. The summed E-state index contributed by atoms with van der Waals surface area (Å²) in [5.74, 6) is -0.602. The van der Waals surface area contributed by atoms with E-state index >= 15 is 0 Å². The van der Waals surface area contributed by atoms with Crippen LogP contribution in [-0.2, 0) is 20.7 Å². The quantitative estimate of drug-likeness (QED) is 0.266. The number of hydrogen-bond acceptors (Lipinski definition) is 4. The molecule has 2 atom stereocenters. The third-order valence-corrected chi connectivity index (χ3v) is 6.26. The Kier molecular flexibility index (Phi) is 12.9. The maximum atomic E-state index is 14.4. The number of hydrogen-bond donors (Lipinski definition) is 2. The lowest BCUT2D eigenvalue weighted by molar-refractivity contribution is -0.142. The Hall–Kier alpha value is -3.61. The Morgan fingerprint density at radius 3 is 2.27 bits per heavy atom. The summed E-state index contributed by atoms with van der Waals surface area (Å²) in [6, 6.07) is 15.1. The van der Waals surface area contributed by atoms with Crippen LogP contribution in [0.5, 0.6) is 0 Å². The number of unbranched alkanes of at least 4 members (excludes halogenated alkanes) is 3. The van der Waals surface area contributed by atoms with Crippen molar-refractivity contribution in [1.82, 2.24) is 15.5 Å². The molecule has 0 aliphatic heterocycles. The topological polar surface area (TPSA) is 87.7 Å². The van der Waals surface area contributed by atoms with E-state index in [1.165, 1.54) is 0 Å². The zero-order valence-electron chi connectivity index (χ0n) is 25.0. The number of carbonyl (C=O) groups excluding carboxylic acids is 3. The lowest BCUT2D eigenvalue weighted by atomic mass is 9.98. The molecule has 0 bridgehead atoms. The monoisotopic (exact) mass is 549 g/mol. The van der Waals surface area contributed by atoms with Gasteiger partial charge in [0.2, 0.25) is 11.8 Å². The molecule has 3 amide bonds. The molecule has 2 aromatic rings. The van der Waals surface area contributed by atoms with Gasteiger partial charge in [-0.1, -0.05) is 87.4 Å². The van der Waals surface area contributed by atoms with Crippen LogP contribution >= 0.6 is 0 Å². The summed E-state index contributed by atoms with van der Waals surface area (Å²) in [7, 11) is 0. The predicted molar refractivity (Wildman–Crippen MR) is 162 cm³/mol. The van der Waals surface area contributed by atoms with Gasteiger partial charge in [0.15, 0.2) is 0 Å². The second-order valence-corrected chi connectivity index (χ2v) is 11.4. The van der Waals surface area contributed by atoms with E-state index < -0.39 is 23.8 Å². The van der Waals surface area contributed by atoms with E-state index in [-0.39, 0.29) is 24.3 Å². The molecule has 0 heterocycles. The van der Waals surface area contributed by atoms with Crippen molar-refractivity contribution in [2.24, 2.45) is 0 Å². The molecule has 2 unspecified atom stereocenters. The normalized spacial score (nSPS) is 12.8. The van der Waals surface area contributed by atoms with Gasteiger partial charge in [-0.05, 0) is 63.8 Å². The Labute approximate surface area is 240 Å². The minimum Gasteiger partial charge on any atom is -0.444 e. The number of ether oxygens (including phenoxy) is 1. The SMILES string of the molecule is C=Cc1cccc(C(C(=O)NC(C)C)N(CCCCCC)C(=O)C(Cc2ccccc2)NC(=O)OC(C)(C)C)c1. The summed E-state index contributed by atoms with van der Waals surface area (Å²) in [5, 5.41) is 5.82. The van der Waals surface area contributed by atoms with E-state index in [1.54, 1.807) is 31.7 Å². The van der Waals surface area contributed by atoms with Crippen LogP contribution in [-0.4, -0.2) is 47.0 Å². The molecule has 0 aliphatic carbocycles. The van der Waals surface area contributed by atoms with Gasteiger partial charge in [0, 0.05) is 19.0 Å². The highest BCUT2D eigenvalue weighted by Gasteiger charge is 2.36. The summed E-state index contributed by atoms with van der Waals surface area (Å²) in [6.07, 6.45) is 5.03. The standard InChI is InChI=1S/C33H47N3O4/c1-8-10-11-15-21-36(29(30(37)34-24(3)4)27-20-16-19-25(9-2)22-27)31(38)28(23-26-17-13-12-14-18-26)35-32(39)40-33(5,6)7/h9,12-14,16-20,22,24,28-29H,2,8,10-11,15,21,23H2,1,3-7H3,(H,34,37)(H,35,39). The zero-order chi connectivity index (χ0) is 29.7. The molecule has 2 N–H and O–H groups in total. The summed E-state index contributed by atoms with van der Waals surface area (Å²) in [4.78, 5) is 42.7. The number of nitrogens with one attached hydrogen (secondary N) is 2. The zero-order valence-corrected chi connectivity index (χ0v) is 25.0. The van der Waals surface area contributed by atoms with E-state index in [2.05, 4.69) is 24.1 Å². The molecule has 2 aromatic carbocycles. The Morgan fingerprint density at radius 2 is 1.68 bits per heavy atom. The molecule has 40 heavy (non-hydrogen) atoms. The van der Waals surface area contributed by atoms with E-state index in [0.717, 1.165) is 36.8 Å². The van der Waals surface area contributed by atoms with Crippen LogP contribution in [0, 0.1) is 0 Å². The fraction of sp³-hybridized carbons (Fsp3) is 0.485. The van der Waals surface area contributed by atoms with Gasteiger partial charge in [0.05, 0.1) is 0 Å². The van der Waals surface area contributed by atoms with Crippen LogP contribution in [0.25, 0.3) is 6.08 Å². The van der Waals surface area contributed by atoms with Crippen LogP contribution in [0.4, 0.5) is 4.79 Å². The fourth-order valence-electron chi connectivity index (χ4n) is 4.47. The van der Waals surface area contributed by atoms with Gasteiger partial charge in [0.1, 0.15) is 17.7 Å². The van der Waals surface area contributed by atoms with Gasteiger partial charge in [-0.25, -0.2) is 4.79 Å². The highest BCUT2D eigenvalue weighted by atomic mass is 16.6. The molecule has 0 saturated carbocycles. The molecule has 0 saturated heterocycles. The number of nitrogens with zero attached hydrogens (tertiary/aromatic N) is 1. The van der Waals surface area contributed by atoms with E-state index in [1.807, 2.05) is 68.4 Å². The number of amides is 3. The van der Waals surface area contributed by atoms with E-state index in [0.29, 0.717) is 12.1 Å². The average Bonchev–Trinajstić information content (AvgIpc) is 2.88. The van der Waals surface area contributed by atoms with Crippen molar-refractivity contribution in [1.29, 1.82) is 0 Å². The van der Waals surface area contributed by atoms with Gasteiger partial charge in [-0.15, -0.1) is 0 Å². The Morgan fingerprint density at radius 1 is 0.975 bits per heavy atom. The first-order chi connectivity index (χ1) is 18.9. The van der Waals surface area contributed by atoms with Crippen molar-refractivity contribution in [2.45, 2.75) is 97.4 Å². The van der Waals surface area contributed by atoms with Gasteiger partial charge >= 0.3 is 6.09 Å². The first kappa shape index (κ1) is 32.6. The Balaban J connectivity index is 2.57. The van der Waals surface area contributed by atoms with Gasteiger partial charge < -0.3 is 20.3 Å². The minimum atomic E-state index is -0.930. The van der Waals surface area contributed by atoms with Crippen molar-refractivity contribution in [3.8, 4) is 0 Å². The minimum absolute atomic E-state index is 0.116. The van der Waals surface area contributed by atoms with Gasteiger partial charge in [0.25, 0.3) is 0 Å². The molecular formula is C33H47N3O4. The van der Waals surface area contributed by atoms with Crippen LogP contribution in [0.15, 0.2) is 61.2 Å². The molecule has 2 rings (SSSR count). The highest BCUT2D eigenvalue weighted by Crippen LogP contribution is 2.26. The van der Waals surface area contributed by atoms with Crippen molar-refractivity contribution in [3.05, 3.63) is 77.9 Å². The average molecular weight is 550 g/mol. The van der Waals surface area contributed by atoms with Crippen molar-refractivity contribution >= 4 is 24.0 Å². The smallest absolute Gasteiger partial charge is 0.408 e. The fourth-order valence-corrected chi connectivity index (χ4v) is 4.47. The first-order valence-corrected chi connectivity index (χ1v) is 14.3. The molecule has 7 nitrogen and oxygen atoms in total. The molecule has 7 heteroatoms. The van der Waals surface area contributed by atoms with Gasteiger partial charge in [-0.2, -0.15) is 0 Å². The third-order valence-electron chi connectivity index (χ3n) is 6.26. The molecule has 0 spiro atoms. The van der Waals surface area contributed by atoms with Gasteiger partial charge in [-0.3, -0.25) is 9.59 Å². The number of rotatable bonds is 14. The number of benzene rings is 2. The van der Waals surface area contributed by atoms with Crippen LogP contribution < -0.4 is 10.6 Å². The van der Waals surface area contributed by atoms with Crippen LogP contribution in [0.2, 0.25) is 0 Å². The van der Waals surface area contributed by atoms with Crippen molar-refractivity contribution < 1.29 is 19.1 Å². The molecule has 0 aliphatic rings. The lowest BCUT2D eigenvalue weighted by Gasteiger charge is -2.35. The third kappa shape index (κ3) is 10.9. The van der Waals surface area contributed by atoms with Crippen molar-refractivity contribution in [2.75, 3.05) is 6.54 Å². The highest BCUT2D eigenvalue weighted by molar-refractivity contribution is 5.92. The lowest BCUT2D eigenvalue weighted by Crippen LogP contribution is -2.54. The molecule has 0 radical (unpaired) electrons. The summed E-state index contributed by atoms with van der Waals surface area (Å²) in [5.41, 5.74) is 1.70. The summed E-state index contributed by atoms with van der Waals surface area (Å²) < 4.78 is 5.51. The van der Waals surface area contributed by atoms with Crippen LogP contribution in [0.3, 0.4) is 0 Å². The molecule has 0 fully saturated rings. The van der Waals surface area contributed by atoms with Crippen LogP contribution in [0.1, 0.15) is 90.0 Å². The molecule has 218 valence electrons. The number of alkyl carbamates (subject to hydrolysis) is 1.